The van der Waals surface area contributed by atoms with Gasteiger partial charge in [-0.25, -0.2) is 14.8 Å². The maximum absolute atomic E-state index is 12.3. The van der Waals surface area contributed by atoms with Crippen LogP contribution in [0.2, 0.25) is 5.15 Å². The number of carbonyl (C=O) groups is 2. The van der Waals surface area contributed by atoms with Crippen molar-refractivity contribution in [3.8, 4) is 0 Å². The Hall–Kier alpha value is -1.74. The van der Waals surface area contributed by atoms with Crippen LogP contribution in [0.5, 0.6) is 0 Å². The summed E-state index contributed by atoms with van der Waals surface area (Å²) in [5.74, 6) is 1.00. The van der Waals surface area contributed by atoms with E-state index >= 15 is 0 Å². The first-order chi connectivity index (χ1) is 13.5. The van der Waals surface area contributed by atoms with Crippen LogP contribution in [0.15, 0.2) is 11.2 Å². The molecule has 0 bridgehead atoms. The van der Waals surface area contributed by atoms with Gasteiger partial charge >= 0.3 is 6.03 Å². The van der Waals surface area contributed by atoms with Crippen molar-refractivity contribution < 1.29 is 9.59 Å². The standard InChI is InChI=1S/C18H27ClN6O2S/c1-3-6-20-18(27)25-8-7-24(10-12(25)2)15-9-14(19)22-17(23-15)28-11-16(26)21-13-4-5-13/h9,12-13H,3-8,10-11H2,1-2H3,(H,20,27)(H,21,26)/t12-/m0/s1. The van der Waals surface area contributed by atoms with Crippen LogP contribution < -0.4 is 15.5 Å². The number of anilines is 1. The lowest BCUT2D eigenvalue weighted by molar-refractivity contribution is -0.118. The molecule has 0 spiro atoms. The van der Waals surface area contributed by atoms with Crippen LogP contribution in [0, 0.1) is 0 Å². The number of rotatable bonds is 7. The average molecular weight is 427 g/mol. The molecule has 2 fully saturated rings. The molecule has 1 saturated heterocycles. The van der Waals surface area contributed by atoms with Gasteiger partial charge in [0.2, 0.25) is 5.91 Å². The van der Waals surface area contributed by atoms with Crippen molar-refractivity contribution in [3.63, 3.8) is 0 Å². The fourth-order valence-corrected chi connectivity index (χ4v) is 3.93. The fourth-order valence-electron chi connectivity index (χ4n) is 3.04. The molecule has 1 atom stereocenters. The average Bonchev–Trinajstić information content (AvgIpc) is 3.48. The van der Waals surface area contributed by atoms with Gasteiger partial charge < -0.3 is 20.4 Å². The number of hydrogen-bond acceptors (Lipinski definition) is 6. The lowest BCUT2D eigenvalue weighted by atomic mass is 10.2. The maximum Gasteiger partial charge on any atom is 0.317 e. The zero-order chi connectivity index (χ0) is 20.1. The Morgan fingerprint density at radius 3 is 2.79 bits per heavy atom. The van der Waals surface area contributed by atoms with Gasteiger partial charge in [-0.2, -0.15) is 0 Å². The van der Waals surface area contributed by atoms with Crippen molar-refractivity contribution in [2.75, 3.05) is 36.8 Å². The second-order valence-electron chi connectivity index (χ2n) is 7.18. The van der Waals surface area contributed by atoms with Gasteiger partial charge in [-0.1, -0.05) is 30.3 Å². The molecule has 2 N–H and O–H groups in total. The zero-order valence-corrected chi connectivity index (χ0v) is 17.9. The summed E-state index contributed by atoms with van der Waals surface area (Å²) >= 11 is 7.47. The largest absolute Gasteiger partial charge is 0.353 e. The summed E-state index contributed by atoms with van der Waals surface area (Å²) in [5, 5.41) is 6.72. The molecule has 2 heterocycles. The molecule has 8 nitrogen and oxygen atoms in total. The molecule has 1 aromatic heterocycles. The monoisotopic (exact) mass is 426 g/mol. The van der Waals surface area contributed by atoms with Crippen LogP contribution in [0.25, 0.3) is 0 Å². The van der Waals surface area contributed by atoms with Gasteiger partial charge in [0, 0.05) is 44.3 Å². The van der Waals surface area contributed by atoms with Gasteiger partial charge in [0.05, 0.1) is 5.75 Å². The van der Waals surface area contributed by atoms with Gasteiger partial charge in [0.1, 0.15) is 11.0 Å². The van der Waals surface area contributed by atoms with E-state index in [1.54, 1.807) is 6.07 Å². The third-order valence-corrected chi connectivity index (χ3v) is 5.72. The molecule has 0 aromatic carbocycles. The van der Waals surface area contributed by atoms with Crippen molar-refractivity contribution in [3.05, 3.63) is 11.2 Å². The Kier molecular flexibility index (Phi) is 7.23. The highest BCUT2D eigenvalue weighted by molar-refractivity contribution is 7.99. The van der Waals surface area contributed by atoms with Crippen molar-refractivity contribution in [1.29, 1.82) is 0 Å². The van der Waals surface area contributed by atoms with Gasteiger partial charge in [0.15, 0.2) is 5.16 Å². The van der Waals surface area contributed by atoms with Gasteiger partial charge in [-0.3, -0.25) is 4.79 Å². The molecule has 3 amide bonds. The first kappa shape index (κ1) is 21.0. The Morgan fingerprint density at radius 1 is 1.32 bits per heavy atom. The van der Waals surface area contributed by atoms with E-state index in [2.05, 4.69) is 25.5 Å². The first-order valence-electron chi connectivity index (χ1n) is 9.72. The molecule has 2 aliphatic rings. The number of nitrogens with one attached hydrogen (secondary N) is 2. The minimum absolute atomic E-state index is 0.00189. The Balaban J connectivity index is 1.58. The summed E-state index contributed by atoms with van der Waals surface area (Å²) in [6.45, 7) is 6.69. The number of halogens is 1. The van der Waals surface area contributed by atoms with E-state index in [1.807, 2.05) is 18.7 Å². The molecule has 1 aliphatic heterocycles. The summed E-state index contributed by atoms with van der Waals surface area (Å²) < 4.78 is 0. The topological polar surface area (TPSA) is 90.5 Å². The lowest BCUT2D eigenvalue weighted by Gasteiger charge is -2.40. The molecule has 28 heavy (non-hydrogen) atoms. The molecule has 1 aliphatic carbocycles. The summed E-state index contributed by atoms with van der Waals surface area (Å²) in [7, 11) is 0. The van der Waals surface area contributed by atoms with Gasteiger partial charge in [-0.05, 0) is 26.2 Å². The summed E-state index contributed by atoms with van der Waals surface area (Å²) in [5.41, 5.74) is 0. The van der Waals surface area contributed by atoms with Gasteiger partial charge in [-0.15, -0.1) is 0 Å². The van der Waals surface area contributed by atoms with Crippen molar-refractivity contribution in [2.45, 2.75) is 50.4 Å². The fraction of sp³-hybridized carbons (Fsp3) is 0.667. The second-order valence-corrected chi connectivity index (χ2v) is 8.51. The molecular formula is C18H27ClN6O2S. The SMILES string of the molecule is CCCNC(=O)N1CCN(c2cc(Cl)nc(SCC(=O)NC3CC3)n2)C[C@@H]1C. The molecule has 0 unspecified atom stereocenters. The number of amides is 3. The van der Waals surface area contributed by atoms with E-state index < -0.39 is 0 Å². The molecule has 0 radical (unpaired) electrons. The normalized spacial score (nSPS) is 19.5. The highest BCUT2D eigenvalue weighted by atomic mass is 35.5. The van der Waals surface area contributed by atoms with E-state index in [9.17, 15) is 9.59 Å². The number of piperazine rings is 1. The second kappa shape index (κ2) is 9.65. The van der Waals surface area contributed by atoms with E-state index in [0.29, 0.717) is 42.5 Å². The number of carbonyl (C=O) groups excluding carboxylic acids is 2. The number of hydrogen-bond donors (Lipinski definition) is 2. The first-order valence-corrected chi connectivity index (χ1v) is 11.1. The van der Waals surface area contributed by atoms with Gasteiger partial charge in [0.25, 0.3) is 0 Å². The van der Waals surface area contributed by atoms with E-state index in [1.165, 1.54) is 11.8 Å². The third kappa shape index (κ3) is 5.88. The smallest absolute Gasteiger partial charge is 0.317 e. The highest BCUT2D eigenvalue weighted by Crippen LogP contribution is 2.24. The van der Waals surface area contributed by atoms with Crippen LogP contribution in [0.1, 0.15) is 33.1 Å². The number of thioether (sulfide) groups is 1. The lowest BCUT2D eigenvalue weighted by Crippen LogP contribution is -2.56. The molecule has 1 aromatic rings. The van der Waals surface area contributed by atoms with Crippen LogP contribution in [0.3, 0.4) is 0 Å². The summed E-state index contributed by atoms with van der Waals surface area (Å²) in [4.78, 5) is 36.9. The Morgan fingerprint density at radius 2 is 2.11 bits per heavy atom. The maximum atomic E-state index is 12.3. The predicted octanol–water partition coefficient (Wildman–Crippen LogP) is 2.13. The van der Waals surface area contributed by atoms with Crippen molar-refractivity contribution >= 4 is 41.1 Å². The summed E-state index contributed by atoms with van der Waals surface area (Å²) in [6, 6.07) is 2.11. The summed E-state index contributed by atoms with van der Waals surface area (Å²) in [6.07, 6.45) is 3.04. The van der Waals surface area contributed by atoms with Crippen LogP contribution in [-0.4, -0.2) is 70.8 Å². The molecule has 1 saturated carbocycles. The predicted molar refractivity (Wildman–Crippen MR) is 111 cm³/mol. The van der Waals surface area contributed by atoms with Crippen LogP contribution in [-0.2, 0) is 4.79 Å². The Bertz CT molecular complexity index is 717. The third-order valence-electron chi connectivity index (χ3n) is 4.67. The Labute approximate surface area is 174 Å². The number of nitrogens with zero attached hydrogens (tertiary/aromatic N) is 4. The molecule has 10 heteroatoms. The minimum atomic E-state index is -0.0207. The van der Waals surface area contributed by atoms with Crippen LogP contribution in [0.4, 0.5) is 10.6 Å². The van der Waals surface area contributed by atoms with Crippen LogP contribution >= 0.6 is 23.4 Å². The quantitative estimate of drug-likeness (QED) is 0.394. The molecule has 154 valence electrons. The minimum Gasteiger partial charge on any atom is -0.353 e. The number of urea groups is 1. The highest BCUT2D eigenvalue weighted by Gasteiger charge is 2.28. The van der Waals surface area contributed by atoms with E-state index in [4.69, 9.17) is 11.6 Å². The van der Waals surface area contributed by atoms with Crippen molar-refractivity contribution in [2.24, 2.45) is 0 Å². The molecular weight excluding hydrogens is 400 g/mol. The number of aromatic nitrogens is 2. The zero-order valence-electron chi connectivity index (χ0n) is 16.3. The van der Waals surface area contributed by atoms with Crippen molar-refractivity contribution in [1.82, 2.24) is 25.5 Å². The van der Waals surface area contributed by atoms with E-state index in [-0.39, 0.29) is 23.7 Å². The molecule has 3 rings (SSSR count). The van der Waals surface area contributed by atoms with E-state index in [0.717, 1.165) is 25.1 Å².